The van der Waals surface area contributed by atoms with E-state index in [0.29, 0.717) is 0 Å². The van der Waals surface area contributed by atoms with Crippen LogP contribution in [-0.4, -0.2) is 42.2 Å². The van der Waals surface area contributed by atoms with Crippen molar-refractivity contribution in [2.45, 2.75) is 12.2 Å². The Morgan fingerprint density at radius 3 is 2.79 bits per heavy atom. The summed E-state index contributed by atoms with van der Waals surface area (Å²) in [6.45, 7) is 0.727. The number of rotatable bonds is 8. The minimum absolute atomic E-state index is 0.727. The fourth-order valence-electron chi connectivity index (χ4n) is 2.61. The van der Waals surface area contributed by atoms with Crippen LogP contribution in [0, 0.1) is 0 Å². The lowest BCUT2D eigenvalue weighted by Gasteiger charge is -2.09. The molecule has 0 bridgehead atoms. The average Bonchev–Trinajstić information content (AvgIpc) is 2.76. The van der Waals surface area contributed by atoms with Crippen molar-refractivity contribution in [3.05, 3.63) is 72.3 Å². The molecule has 2 heterocycles. The highest BCUT2D eigenvalue weighted by molar-refractivity contribution is 7.99. The van der Waals surface area contributed by atoms with E-state index >= 15 is 0 Å². The first kappa shape index (κ1) is 21.8. The lowest BCUT2D eigenvalue weighted by Crippen LogP contribution is -2.36. The third-order valence-corrected chi connectivity index (χ3v) is 4.89. The predicted octanol–water partition coefficient (Wildman–Crippen LogP) is 2.80. The zero-order valence-corrected chi connectivity index (χ0v) is 17.2. The molecule has 1 aromatic carbocycles. The first-order valence-corrected chi connectivity index (χ1v) is 10.3. The van der Waals surface area contributed by atoms with Crippen molar-refractivity contribution in [1.29, 1.82) is 0 Å². The summed E-state index contributed by atoms with van der Waals surface area (Å²) in [5.74, 6) is 2.74. The standard InChI is InChI=1S/C20H23N5S.CH5N/c1-21-25-20(24-11-8-19-4-2-3-9-23-19)15-26-14-16-5-6-18-13-22-10-7-17(18)12-16;1-2/h2-7,9-10,12-13,21H,8,11,14-15H2,1H3,(H,24,25);2H2,1H3. The van der Waals surface area contributed by atoms with Gasteiger partial charge in [0.25, 0.3) is 0 Å². The molecule has 0 radical (unpaired) electrons. The highest BCUT2D eigenvalue weighted by atomic mass is 32.2. The molecule has 0 aliphatic heterocycles. The molecule has 4 N–H and O–H groups in total. The van der Waals surface area contributed by atoms with E-state index in [-0.39, 0.29) is 0 Å². The Labute approximate surface area is 171 Å². The van der Waals surface area contributed by atoms with Gasteiger partial charge in [-0.1, -0.05) is 24.3 Å². The summed E-state index contributed by atoms with van der Waals surface area (Å²) in [6.07, 6.45) is 6.40. The maximum atomic E-state index is 4.66. The largest absolute Gasteiger partial charge is 0.333 e. The van der Waals surface area contributed by atoms with Gasteiger partial charge in [0.05, 0.1) is 5.75 Å². The van der Waals surface area contributed by atoms with Crippen LogP contribution < -0.4 is 16.6 Å². The summed E-state index contributed by atoms with van der Waals surface area (Å²) in [4.78, 5) is 13.2. The number of hydrazine groups is 1. The van der Waals surface area contributed by atoms with Crippen LogP contribution in [0.3, 0.4) is 0 Å². The zero-order valence-electron chi connectivity index (χ0n) is 16.4. The maximum Gasteiger partial charge on any atom is 0.121 e. The number of amidine groups is 1. The summed E-state index contributed by atoms with van der Waals surface area (Å²) in [6, 6.07) is 14.6. The molecular formula is C21H28N6S. The Kier molecular flexibility index (Phi) is 9.99. The van der Waals surface area contributed by atoms with Crippen LogP contribution >= 0.6 is 11.8 Å². The third kappa shape index (κ3) is 7.26. The van der Waals surface area contributed by atoms with E-state index in [1.54, 1.807) is 0 Å². The molecule has 3 rings (SSSR count). The molecule has 0 spiro atoms. The molecule has 7 heteroatoms. The number of fused-ring (bicyclic) bond motifs is 1. The van der Waals surface area contributed by atoms with Crippen LogP contribution in [0.25, 0.3) is 10.8 Å². The van der Waals surface area contributed by atoms with Gasteiger partial charge in [0, 0.05) is 55.4 Å². The quantitative estimate of drug-likeness (QED) is 0.308. The Morgan fingerprint density at radius 1 is 1.11 bits per heavy atom. The van der Waals surface area contributed by atoms with E-state index in [4.69, 9.17) is 0 Å². The van der Waals surface area contributed by atoms with Crippen LogP contribution in [0.1, 0.15) is 11.3 Å². The fourth-order valence-corrected chi connectivity index (χ4v) is 3.48. The second kappa shape index (κ2) is 12.8. The minimum atomic E-state index is 0.727. The molecule has 0 unspecified atom stereocenters. The molecule has 0 saturated carbocycles. The Balaban J connectivity index is 0.00000136. The Morgan fingerprint density at radius 2 is 2.00 bits per heavy atom. The number of nitrogens with zero attached hydrogens (tertiary/aromatic N) is 3. The summed E-state index contributed by atoms with van der Waals surface area (Å²) in [5.41, 5.74) is 13.0. The van der Waals surface area contributed by atoms with Gasteiger partial charge in [-0.25, -0.2) is 5.43 Å². The van der Waals surface area contributed by atoms with Crippen molar-refractivity contribution >= 4 is 28.4 Å². The molecule has 6 nitrogen and oxygen atoms in total. The van der Waals surface area contributed by atoms with Crippen LogP contribution in [0.15, 0.2) is 66.0 Å². The van der Waals surface area contributed by atoms with Gasteiger partial charge in [-0.3, -0.25) is 15.0 Å². The summed E-state index contributed by atoms with van der Waals surface area (Å²) >= 11 is 1.84. The smallest absolute Gasteiger partial charge is 0.121 e. The summed E-state index contributed by atoms with van der Waals surface area (Å²) in [5, 5.41) is 2.41. The van der Waals surface area contributed by atoms with Crippen molar-refractivity contribution in [2.75, 3.05) is 26.4 Å². The van der Waals surface area contributed by atoms with E-state index in [1.165, 1.54) is 23.4 Å². The molecule has 148 valence electrons. The van der Waals surface area contributed by atoms with Gasteiger partial charge >= 0.3 is 0 Å². The number of benzene rings is 1. The van der Waals surface area contributed by atoms with Crippen molar-refractivity contribution < 1.29 is 0 Å². The number of pyridine rings is 2. The molecule has 0 atom stereocenters. The third-order valence-electron chi connectivity index (χ3n) is 3.88. The number of aromatic nitrogens is 2. The monoisotopic (exact) mass is 396 g/mol. The van der Waals surface area contributed by atoms with E-state index in [0.717, 1.165) is 36.0 Å². The Hall–Kier alpha value is -2.48. The van der Waals surface area contributed by atoms with Gasteiger partial charge in [-0.2, -0.15) is 0 Å². The van der Waals surface area contributed by atoms with Crippen LogP contribution in [0.5, 0.6) is 0 Å². The highest BCUT2D eigenvalue weighted by Crippen LogP contribution is 2.18. The average molecular weight is 397 g/mol. The van der Waals surface area contributed by atoms with Gasteiger partial charge in [0.1, 0.15) is 5.84 Å². The lowest BCUT2D eigenvalue weighted by molar-refractivity contribution is 0.757. The van der Waals surface area contributed by atoms with Crippen LogP contribution in [0.2, 0.25) is 0 Å². The van der Waals surface area contributed by atoms with E-state index in [9.17, 15) is 0 Å². The van der Waals surface area contributed by atoms with Crippen molar-refractivity contribution in [3.8, 4) is 0 Å². The number of aliphatic imine (C=N–C) groups is 1. The van der Waals surface area contributed by atoms with Crippen molar-refractivity contribution in [2.24, 2.45) is 10.7 Å². The molecule has 0 aliphatic rings. The molecule has 28 heavy (non-hydrogen) atoms. The van der Waals surface area contributed by atoms with Crippen molar-refractivity contribution in [1.82, 2.24) is 20.8 Å². The molecule has 0 fully saturated rings. The molecule has 0 aliphatic carbocycles. The topological polar surface area (TPSA) is 88.2 Å². The Bertz CT molecular complexity index is 854. The fraction of sp³-hybridized carbons (Fsp3) is 0.286. The molecule has 0 amide bonds. The van der Waals surface area contributed by atoms with Gasteiger partial charge in [-0.15, -0.1) is 11.8 Å². The lowest BCUT2D eigenvalue weighted by atomic mass is 10.1. The predicted molar refractivity (Wildman–Crippen MR) is 120 cm³/mol. The van der Waals surface area contributed by atoms with Gasteiger partial charge in [0.2, 0.25) is 0 Å². The van der Waals surface area contributed by atoms with E-state index < -0.39 is 0 Å². The van der Waals surface area contributed by atoms with Crippen LogP contribution in [-0.2, 0) is 12.2 Å². The van der Waals surface area contributed by atoms with Gasteiger partial charge in [0.15, 0.2) is 0 Å². The number of nitrogens with two attached hydrogens (primary N) is 1. The normalized spacial score (nSPS) is 11.0. The first-order chi connectivity index (χ1) is 13.8. The van der Waals surface area contributed by atoms with E-state index in [2.05, 4.69) is 55.8 Å². The van der Waals surface area contributed by atoms with Crippen LogP contribution in [0.4, 0.5) is 0 Å². The minimum Gasteiger partial charge on any atom is -0.333 e. The van der Waals surface area contributed by atoms with Gasteiger partial charge < -0.3 is 11.2 Å². The second-order valence-electron chi connectivity index (χ2n) is 5.82. The van der Waals surface area contributed by atoms with Crippen molar-refractivity contribution in [3.63, 3.8) is 0 Å². The maximum absolute atomic E-state index is 4.66. The summed E-state index contributed by atoms with van der Waals surface area (Å²) in [7, 11) is 3.36. The van der Waals surface area contributed by atoms with Gasteiger partial charge in [-0.05, 0) is 36.2 Å². The molecule has 0 saturated heterocycles. The second-order valence-corrected chi connectivity index (χ2v) is 6.81. The number of nitrogens with one attached hydrogen (secondary N) is 2. The van der Waals surface area contributed by atoms with E-state index in [1.807, 2.05) is 55.6 Å². The first-order valence-electron chi connectivity index (χ1n) is 9.19. The SMILES string of the molecule is CN.CNNC(CSCc1ccc2cnccc2c1)=NCCc1ccccn1. The summed E-state index contributed by atoms with van der Waals surface area (Å²) < 4.78 is 0. The molecule has 3 aromatic rings. The number of thioether (sulfide) groups is 1. The number of hydrogen-bond acceptors (Lipinski definition) is 6. The number of hydrogen-bond donors (Lipinski definition) is 3. The highest BCUT2D eigenvalue weighted by Gasteiger charge is 2.02. The molecule has 2 aromatic heterocycles. The zero-order chi connectivity index (χ0) is 20.0. The molecular weight excluding hydrogens is 368 g/mol.